The number of hydrogen-bond donors (Lipinski definition) is 2. The minimum absolute atomic E-state index is 0.0727. The summed E-state index contributed by atoms with van der Waals surface area (Å²) >= 11 is 0. The lowest BCUT2D eigenvalue weighted by Crippen LogP contribution is -2.54. The second-order valence-electron chi connectivity index (χ2n) is 5.26. The van der Waals surface area contributed by atoms with E-state index in [4.69, 9.17) is 15.7 Å². The van der Waals surface area contributed by atoms with Crippen LogP contribution in [0.5, 0.6) is 0 Å². The molecule has 0 aromatic rings. The molecule has 0 radical (unpaired) electrons. The zero-order valence-corrected chi connectivity index (χ0v) is 12.8. The summed E-state index contributed by atoms with van der Waals surface area (Å²) in [5.41, 5.74) is 5.61. The van der Waals surface area contributed by atoms with Crippen molar-refractivity contribution in [3.8, 4) is 0 Å². The molecule has 1 heterocycles. The van der Waals surface area contributed by atoms with E-state index >= 15 is 0 Å². The monoisotopic (exact) mass is 300 g/mol. The molecule has 21 heavy (non-hydrogen) atoms. The van der Waals surface area contributed by atoms with Crippen LogP contribution >= 0.6 is 0 Å². The normalized spacial score (nSPS) is 17.8. The minimum atomic E-state index is -0.649. The number of hydrogen-bond acceptors (Lipinski definition) is 5. The molecule has 1 aliphatic heterocycles. The number of nitrogens with zero attached hydrogens (tertiary/aromatic N) is 3. The molecule has 0 saturated carbocycles. The summed E-state index contributed by atoms with van der Waals surface area (Å²) in [5, 5.41) is 11.8. The van der Waals surface area contributed by atoms with Crippen molar-refractivity contribution >= 4 is 17.8 Å². The highest BCUT2D eigenvalue weighted by atomic mass is 16.6. The van der Waals surface area contributed by atoms with E-state index in [1.54, 1.807) is 16.7 Å². The molecule has 1 fully saturated rings. The van der Waals surface area contributed by atoms with Gasteiger partial charge in [-0.3, -0.25) is 4.79 Å². The quantitative estimate of drug-likeness (QED) is 0.336. The summed E-state index contributed by atoms with van der Waals surface area (Å²) in [6.07, 6.45) is -0.360. The highest BCUT2D eigenvalue weighted by Crippen LogP contribution is 2.16. The molecular weight excluding hydrogens is 276 g/mol. The van der Waals surface area contributed by atoms with Crippen LogP contribution in [-0.2, 0) is 9.53 Å². The highest BCUT2D eigenvalue weighted by Gasteiger charge is 2.33. The number of rotatable bonds is 4. The summed E-state index contributed by atoms with van der Waals surface area (Å²) in [6, 6.07) is 0. The zero-order valence-electron chi connectivity index (χ0n) is 12.8. The maximum atomic E-state index is 12.5. The van der Waals surface area contributed by atoms with Gasteiger partial charge in [-0.2, -0.15) is 0 Å². The van der Waals surface area contributed by atoms with E-state index in [0.717, 1.165) is 0 Å². The Bertz CT molecular complexity index is 403. The van der Waals surface area contributed by atoms with Gasteiger partial charge in [-0.15, -0.1) is 0 Å². The van der Waals surface area contributed by atoms with Crippen LogP contribution in [0.2, 0.25) is 0 Å². The topological polar surface area (TPSA) is 108 Å². The van der Waals surface area contributed by atoms with E-state index in [2.05, 4.69) is 5.16 Å². The molecule has 0 aliphatic carbocycles. The number of nitrogens with two attached hydrogens (primary N) is 1. The third-order valence-corrected chi connectivity index (χ3v) is 3.48. The molecule has 1 aliphatic rings. The lowest BCUT2D eigenvalue weighted by molar-refractivity contribution is -0.136. The Morgan fingerprint density at radius 2 is 1.76 bits per heavy atom. The molecule has 1 saturated heterocycles. The first-order valence-electron chi connectivity index (χ1n) is 7.10. The predicted octanol–water partition coefficient (Wildman–Crippen LogP) is 0.306. The molecule has 0 bridgehead atoms. The van der Waals surface area contributed by atoms with Gasteiger partial charge in [0, 0.05) is 26.2 Å². The lowest BCUT2D eigenvalue weighted by Gasteiger charge is -2.36. The van der Waals surface area contributed by atoms with Crippen molar-refractivity contribution in [3.05, 3.63) is 0 Å². The van der Waals surface area contributed by atoms with Gasteiger partial charge in [-0.05, 0) is 12.8 Å². The van der Waals surface area contributed by atoms with E-state index in [1.165, 1.54) is 0 Å². The minimum Gasteiger partial charge on any atom is -0.450 e. The number of oxime groups is 1. The fourth-order valence-corrected chi connectivity index (χ4v) is 2.34. The molecule has 8 heteroatoms. The zero-order chi connectivity index (χ0) is 16.0. The van der Waals surface area contributed by atoms with Gasteiger partial charge in [0.2, 0.25) is 5.91 Å². The van der Waals surface area contributed by atoms with Crippen LogP contribution in [0.25, 0.3) is 0 Å². The van der Waals surface area contributed by atoms with Crippen LogP contribution in [0, 0.1) is 11.8 Å². The molecule has 1 unspecified atom stereocenters. The molecular formula is C13H24N4O4. The Balaban J connectivity index is 2.64. The van der Waals surface area contributed by atoms with Crippen LogP contribution in [0.1, 0.15) is 20.8 Å². The second-order valence-corrected chi connectivity index (χ2v) is 5.26. The van der Waals surface area contributed by atoms with E-state index in [9.17, 15) is 9.59 Å². The van der Waals surface area contributed by atoms with E-state index in [1.807, 2.05) is 13.8 Å². The van der Waals surface area contributed by atoms with Gasteiger partial charge in [-0.25, -0.2) is 4.79 Å². The lowest BCUT2D eigenvalue weighted by atomic mass is 9.93. The molecule has 3 N–H and O–H groups in total. The number of amides is 2. The van der Waals surface area contributed by atoms with Crippen molar-refractivity contribution < 1.29 is 19.5 Å². The smallest absolute Gasteiger partial charge is 0.409 e. The average Bonchev–Trinajstić information content (AvgIpc) is 2.47. The standard InChI is InChI=1S/C13H24N4O4/c1-4-21-13(19)17-7-5-16(6-8-17)12(18)10(9(2)3)11(14)15-20/h9-10,20H,4-8H2,1-3H3,(H2,14,15). The Kier molecular flexibility index (Phi) is 6.26. The first kappa shape index (κ1) is 17.1. The third-order valence-electron chi connectivity index (χ3n) is 3.48. The summed E-state index contributed by atoms with van der Waals surface area (Å²) in [4.78, 5) is 27.3. The van der Waals surface area contributed by atoms with Crippen LogP contribution in [0.15, 0.2) is 5.16 Å². The SMILES string of the molecule is CCOC(=O)N1CCN(C(=O)C(C(N)=NO)C(C)C)CC1. The van der Waals surface area contributed by atoms with E-state index in [0.29, 0.717) is 32.8 Å². The van der Waals surface area contributed by atoms with Gasteiger partial charge in [-0.1, -0.05) is 19.0 Å². The molecule has 2 amide bonds. The first-order valence-corrected chi connectivity index (χ1v) is 7.10. The summed E-state index contributed by atoms with van der Waals surface area (Å²) in [6.45, 7) is 7.44. The number of piperazine rings is 1. The van der Waals surface area contributed by atoms with Gasteiger partial charge in [0.05, 0.1) is 6.61 Å². The Hall–Kier alpha value is -1.99. The molecule has 8 nitrogen and oxygen atoms in total. The molecule has 120 valence electrons. The fraction of sp³-hybridized carbons (Fsp3) is 0.769. The summed E-state index contributed by atoms with van der Waals surface area (Å²) in [7, 11) is 0. The van der Waals surface area contributed by atoms with Crippen LogP contribution in [0.3, 0.4) is 0 Å². The van der Waals surface area contributed by atoms with Gasteiger partial charge in [0.15, 0.2) is 5.84 Å². The first-order chi connectivity index (χ1) is 9.92. The van der Waals surface area contributed by atoms with Crippen molar-refractivity contribution in [2.45, 2.75) is 20.8 Å². The molecule has 0 spiro atoms. The molecule has 1 rings (SSSR count). The number of carbonyl (C=O) groups is 2. The molecule has 0 aromatic heterocycles. The van der Waals surface area contributed by atoms with Crippen molar-refractivity contribution in [2.75, 3.05) is 32.8 Å². The Morgan fingerprint density at radius 1 is 1.24 bits per heavy atom. The van der Waals surface area contributed by atoms with Gasteiger partial charge >= 0.3 is 6.09 Å². The van der Waals surface area contributed by atoms with Gasteiger partial charge < -0.3 is 25.5 Å². The van der Waals surface area contributed by atoms with Crippen LogP contribution < -0.4 is 5.73 Å². The average molecular weight is 300 g/mol. The summed E-state index contributed by atoms with van der Waals surface area (Å²) < 4.78 is 4.93. The van der Waals surface area contributed by atoms with Crippen LogP contribution in [-0.4, -0.2) is 65.6 Å². The van der Waals surface area contributed by atoms with Crippen molar-refractivity contribution in [2.24, 2.45) is 22.7 Å². The third kappa shape index (κ3) is 4.24. The number of ether oxygens (including phenoxy) is 1. The number of carbonyl (C=O) groups excluding carboxylic acids is 2. The van der Waals surface area contributed by atoms with E-state index < -0.39 is 5.92 Å². The van der Waals surface area contributed by atoms with Crippen molar-refractivity contribution in [1.29, 1.82) is 0 Å². The summed E-state index contributed by atoms with van der Waals surface area (Å²) in [5.74, 6) is -0.979. The Morgan fingerprint density at radius 3 is 2.19 bits per heavy atom. The van der Waals surface area contributed by atoms with Crippen LogP contribution in [0.4, 0.5) is 4.79 Å². The maximum Gasteiger partial charge on any atom is 0.409 e. The Labute approximate surface area is 124 Å². The van der Waals surface area contributed by atoms with Gasteiger partial charge in [0.1, 0.15) is 5.92 Å². The largest absolute Gasteiger partial charge is 0.450 e. The van der Waals surface area contributed by atoms with Gasteiger partial charge in [0.25, 0.3) is 0 Å². The predicted molar refractivity (Wildman–Crippen MR) is 76.9 cm³/mol. The molecule has 0 aromatic carbocycles. The fourth-order valence-electron chi connectivity index (χ4n) is 2.34. The number of amidine groups is 1. The maximum absolute atomic E-state index is 12.5. The van der Waals surface area contributed by atoms with Crippen molar-refractivity contribution in [1.82, 2.24) is 9.80 Å². The van der Waals surface area contributed by atoms with E-state index in [-0.39, 0.29) is 23.8 Å². The van der Waals surface area contributed by atoms with Crippen molar-refractivity contribution in [3.63, 3.8) is 0 Å². The second kappa shape index (κ2) is 7.70. The molecule has 1 atom stereocenters. The highest BCUT2D eigenvalue weighted by molar-refractivity contribution is 6.02.